The van der Waals surface area contributed by atoms with Crippen molar-refractivity contribution >= 4 is 43.6 Å². The van der Waals surface area contributed by atoms with E-state index in [2.05, 4.69) is 4.98 Å². The summed E-state index contributed by atoms with van der Waals surface area (Å²) in [5, 5.41) is 0.915. The van der Waals surface area contributed by atoms with Crippen LogP contribution >= 0.6 is 11.3 Å². The first kappa shape index (κ1) is 19.6. The third-order valence-electron chi connectivity index (χ3n) is 5.64. The molecule has 0 saturated carbocycles. The molecular weight excluding hydrogens is 438 g/mol. The van der Waals surface area contributed by atoms with Crippen molar-refractivity contribution in [1.29, 1.82) is 0 Å². The lowest BCUT2D eigenvalue weighted by atomic mass is 10.0. The minimum absolute atomic E-state index is 0.0433. The summed E-state index contributed by atoms with van der Waals surface area (Å²) < 4.78 is 12.5. The zero-order valence-corrected chi connectivity index (χ0v) is 18.3. The number of carbonyl (C=O) groups is 1. The van der Waals surface area contributed by atoms with Crippen molar-refractivity contribution in [2.75, 3.05) is 11.5 Å². The van der Waals surface area contributed by atoms with E-state index in [1.165, 1.54) is 16.2 Å². The van der Waals surface area contributed by atoms with Crippen LogP contribution in [0.1, 0.15) is 34.6 Å². The van der Waals surface area contributed by atoms with Gasteiger partial charge < -0.3 is 9.15 Å². The number of rotatable bonds is 4. The number of hydrogen-bond acceptors (Lipinski definition) is 7. The first-order valence-electron chi connectivity index (χ1n) is 10.5. The van der Waals surface area contributed by atoms with Crippen LogP contribution in [0, 0.1) is 0 Å². The van der Waals surface area contributed by atoms with Crippen LogP contribution in [0.25, 0.3) is 21.2 Å². The van der Waals surface area contributed by atoms with Gasteiger partial charge in [-0.15, -0.1) is 0 Å². The standard InChI is InChI=1S/C25H17N3O4S/c1-2-31-15-9-10-17-19(12-15)33-25(27-17)28-21(14-6-5-11-26-13-14)20-22(29)16-7-3-4-8-18(16)32-23(20)24(28)30/h3-13,21H,2H2,1H3/t21-/m0/s1. The van der Waals surface area contributed by atoms with Gasteiger partial charge in [-0.1, -0.05) is 29.5 Å². The molecule has 1 atom stereocenters. The number of anilines is 1. The summed E-state index contributed by atoms with van der Waals surface area (Å²) in [6.45, 7) is 2.48. The Bertz CT molecular complexity index is 1590. The molecule has 0 spiro atoms. The van der Waals surface area contributed by atoms with Crippen molar-refractivity contribution in [1.82, 2.24) is 9.97 Å². The average molecular weight is 455 g/mol. The molecule has 162 valence electrons. The summed E-state index contributed by atoms with van der Waals surface area (Å²) >= 11 is 1.37. The fourth-order valence-corrected chi connectivity index (χ4v) is 5.24. The molecule has 4 heterocycles. The Kier molecular flexibility index (Phi) is 4.48. The maximum atomic E-state index is 13.6. The molecule has 2 aromatic carbocycles. The number of benzene rings is 2. The highest BCUT2D eigenvalue weighted by atomic mass is 32.1. The molecule has 0 radical (unpaired) electrons. The van der Waals surface area contributed by atoms with Gasteiger partial charge in [0.05, 0.1) is 33.8 Å². The van der Waals surface area contributed by atoms with Gasteiger partial charge >= 0.3 is 0 Å². The van der Waals surface area contributed by atoms with Gasteiger partial charge in [-0.2, -0.15) is 0 Å². The van der Waals surface area contributed by atoms with Crippen LogP contribution in [0.2, 0.25) is 0 Å². The molecule has 1 aliphatic rings. The van der Waals surface area contributed by atoms with Crippen LogP contribution < -0.4 is 15.1 Å². The van der Waals surface area contributed by atoms with Crippen molar-refractivity contribution in [3.05, 3.63) is 94.1 Å². The Labute approximate surface area is 191 Å². The van der Waals surface area contributed by atoms with Crippen LogP contribution in [-0.2, 0) is 0 Å². The second kappa shape index (κ2) is 7.53. The predicted octanol–water partition coefficient (Wildman–Crippen LogP) is 4.95. The third-order valence-corrected chi connectivity index (χ3v) is 6.66. The molecule has 6 rings (SSSR count). The Morgan fingerprint density at radius 3 is 2.82 bits per heavy atom. The molecule has 0 fully saturated rings. The van der Waals surface area contributed by atoms with E-state index in [0.717, 1.165) is 16.0 Å². The number of hydrogen-bond donors (Lipinski definition) is 0. The molecule has 0 bridgehead atoms. The molecule has 3 aromatic heterocycles. The molecule has 33 heavy (non-hydrogen) atoms. The Hall–Kier alpha value is -4.04. The summed E-state index contributed by atoms with van der Waals surface area (Å²) in [7, 11) is 0. The molecular formula is C25H17N3O4S. The number of para-hydroxylation sites is 1. The second-order valence-corrected chi connectivity index (χ2v) is 8.60. The number of thiazole rings is 1. The summed E-state index contributed by atoms with van der Waals surface area (Å²) in [4.78, 5) is 37.6. The van der Waals surface area contributed by atoms with Crippen LogP contribution in [0.3, 0.4) is 0 Å². The Balaban J connectivity index is 1.58. The van der Waals surface area contributed by atoms with E-state index < -0.39 is 11.9 Å². The zero-order valence-electron chi connectivity index (χ0n) is 17.5. The van der Waals surface area contributed by atoms with E-state index >= 15 is 0 Å². The van der Waals surface area contributed by atoms with Crippen molar-refractivity contribution in [2.45, 2.75) is 13.0 Å². The maximum absolute atomic E-state index is 13.6. The van der Waals surface area contributed by atoms with Crippen LogP contribution in [0.15, 0.2) is 76.2 Å². The van der Waals surface area contributed by atoms with Gasteiger partial charge in [-0.3, -0.25) is 19.5 Å². The van der Waals surface area contributed by atoms with E-state index in [9.17, 15) is 9.59 Å². The van der Waals surface area contributed by atoms with Crippen molar-refractivity contribution in [2.24, 2.45) is 0 Å². The van der Waals surface area contributed by atoms with E-state index in [1.54, 1.807) is 42.7 Å². The zero-order chi connectivity index (χ0) is 22.5. The number of carbonyl (C=O) groups excluding carboxylic acids is 1. The lowest BCUT2D eigenvalue weighted by Gasteiger charge is -2.22. The van der Waals surface area contributed by atoms with Gasteiger partial charge in [0.25, 0.3) is 5.91 Å². The van der Waals surface area contributed by atoms with Crippen LogP contribution in [0.4, 0.5) is 5.13 Å². The van der Waals surface area contributed by atoms with E-state index in [0.29, 0.717) is 33.8 Å². The van der Waals surface area contributed by atoms with Gasteiger partial charge in [-0.25, -0.2) is 4.98 Å². The third kappa shape index (κ3) is 3.02. The van der Waals surface area contributed by atoms with E-state index in [1.807, 2.05) is 31.2 Å². The number of aromatic nitrogens is 2. The average Bonchev–Trinajstić information content (AvgIpc) is 3.38. The van der Waals surface area contributed by atoms with Crippen LogP contribution in [0.5, 0.6) is 5.75 Å². The lowest BCUT2D eigenvalue weighted by molar-refractivity contribution is 0.0971. The molecule has 1 amide bonds. The monoisotopic (exact) mass is 455 g/mol. The summed E-state index contributed by atoms with van der Waals surface area (Å²) in [6, 6.07) is 15.5. The Morgan fingerprint density at radius 1 is 1.12 bits per heavy atom. The van der Waals surface area contributed by atoms with Gasteiger partial charge in [0.15, 0.2) is 10.6 Å². The quantitative estimate of drug-likeness (QED) is 0.381. The maximum Gasteiger partial charge on any atom is 0.297 e. The molecule has 1 aliphatic heterocycles. The van der Waals surface area contributed by atoms with Crippen molar-refractivity contribution in [3.63, 3.8) is 0 Å². The smallest absolute Gasteiger partial charge is 0.297 e. The van der Waals surface area contributed by atoms with E-state index in [-0.39, 0.29) is 11.2 Å². The fourth-order valence-electron chi connectivity index (χ4n) is 4.22. The highest BCUT2D eigenvalue weighted by molar-refractivity contribution is 7.22. The van der Waals surface area contributed by atoms with Crippen LogP contribution in [-0.4, -0.2) is 22.5 Å². The van der Waals surface area contributed by atoms with Gasteiger partial charge in [0.2, 0.25) is 5.76 Å². The molecule has 0 unspecified atom stereocenters. The summed E-state index contributed by atoms with van der Waals surface area (Å²) in [6.07, 6.45) is 3.32. The number of ether oxygens (including phenoxy) is 1. The molecule has 0 aliphatic carbocycles. The fraction of sp³-hybridized carbons (Fsp3) is 0.120. The highest BCUT2D eigenvalue weighted by Gasteiger charge is 2.45. The molecule has 0 N–H and O–H groups in total. The Morgan fingerprint density at radius 2 is 2.00 bits per heavy atom. The van der Waals surface area contributed by atoms with Gasteiger partial charge in [-0.05, 0) is 48.9 Å². The number of amides is 1. The largest absolute Gasteiger partial charge is 0.494 e. The topological polar surface area (TPSA) is 85.5 Å². The highest BCUT2D eigenvalue weighted by Crippen LogP contribution is 2.43. The molecule has 0 saturated heterocycles. The summed E-state index contributed by atoms with van der Waals surface area (Å²) in [5.41, 5.74) is 1.92. The number of fused-ring (bicyclic) bond motifs is 3. The molecule has 8 heteroatoms. The van der Waals surface area contributed by atoms with Crippen molar-refractivity contribution in [3.8, 4) is 5.75 Å². The predicted molar refractivity (Wildman–Crippen MR) is 126 cm³/mol. The molecule has 7 nitrogen and oxygen atoms in total. The van der Waals surface area contributed by atoms with E-state index in [4.69, 9.17) is 14.1 Å². The molecule has 5 aromatic rings. The number of nitrogens with zero attached hydrogens (tertiary/aromatic N) is 3. The minimum atomic E-state index is -0.686. The second-order valence-electron chi connectivity index (χ2n) is 7.59. The minimum Gasteiger partial charge on any atom is -0.494 e. The number of pyridine rings is 1. The SMILES string of the molecule is CCOc1ccc2nc(N3C(=O)c4oc5ccccc5c(=O)c4[C@@H]3c3cccnc3)sc2c1. The van der Waals surface area contributed by atoms with Gasteiger partial charge in [0.1, 0.15) is 11.3 Å². The lowest BCUT2D eigenvalue weighted by Crippen LogP contribution is -2.29. The first-order valence-corrected chi connectivity index (χ1v) is 11.3. The first-order chi connectivity index (χ1) is 16.2. The van der Waals surface area contributed by atoms with Gasteiger partial charge in [0, 0.05) is 12.4 Å². The normalized spacial score (nSPS) is 15.4. The van der Waals surface area contributed by atoms with Crippen molar-refractivity contribution < 1.29 is 13.9 Å². The summed E-state index contributed by atoms with van der Waals surface area (Å²) in [5.74, 6) is 0.385.